The summed E-state index contributed by atoms with van der Waals surface area (Å²) in [6.07, 6.45) is 2.98. The van der Waals surface area contributed by atoms with Crippen molar-refractivity contribution in [2.24, 2.45) is 0 Å². The van der Waals surface area contributed by atoms with Crippen LogP contribution in [-0.2, 0) is 20.7 Å². The number of aryl methyl sites for hydroxylation is 1. The van der Waals surface area contributed by atoms with Crippen molar-refractivity contribution in [2.75, 3.05) is 6.61 Å². The van der Waals surface area contributed by atoms with E-state index in [1.165, 1.54) is 5.56 Å². The third kappa shape index (κ3) is 4.86. The average Bonchev–Trinajstić information content (AvgIpc) is 3.01. The first-order valence-electron chi connectivity index (χ1n) is 7.35. The van der Waals surface area contributed by atoms with E-state index in [1.54, 1.807) is 0 Å². The van der Waals surface area contributed by atoms with Crippen molar-refractivity contribution in [2.45, 2.75) is 44.2 Å². The Hall–Kier alpha value is -1.88. The van der Waals surface area contributed by atoms with E-state index in [-0.39, 0.29) is 5.91 Å². The Labute approximate surface area is 124 Å². The number of benzene rings is 1. The molecule has 5 heteroatoms. The van der Waals surface area contributed by atoms with Gasteiger partial charge in [0.1, 0.15) is 12.1 Å². The SMILES string of the molecule is O=C(O)[C@@H](CCCc1ccccc1)NC(=O)[C@H]1CCCO1. The second kappa shape index (κ2) is 7.78. The van der Waals surface area contributed by atoms with E-state index in [0.29, 0.717) is 25.9 Å². The highest BCUT2D eigenvalue weighted by atomic mass is 16.5. The van der Waals surface area contributed by atoms with Crippen molar-refractivity contribution in [3.63, 3.8) is 0 Å². The highest BCUT2D eigenvalue weighted by molar-refractivity contribution is 5.86. The summed E-state index contributed by atoms with van der Waals surface area (Å²) in [6.45, 7) is 0.573. The zero-order chi connectivity index (χ0) is 15.1. The molecule has 0 aromatic heterocycles. The number of carboxylic acid groups (broad SMARTS) is 1. The number of hydrogen-bond donors (Lipinski definition) is 2. The van der Waals surface area contributed by atoms with Crippen LogP contribution in [0.25, 0.3) is 0 Å². The van der Waals surface area contributed by atoms with E-state index >= 15 is 0 Å². The van der Waals surface area contributed by atoms with Crippen LogP contribution in [0, 0.1) is 0 Å². The number of amides is 1. The van der Waals surface area contributed by atoms with E-state index in [1.807, 2.05) is 30.3 Å². The van der Waals surface area contributed by atoms with Crippen molar-refractivity contribution >= 4 is 11.9 Å². The van der Waals surface area contributed by atoms with Crippen LogP contribution in [0.4, 0.5) is 0 Å². The molecule has 21 heavy (non-hydrogen) atoms. The number of nitrogens with one attached hydrogen (secondary N) is 1. The normalized spacial score (nSPS) is 19.1. The Kier molecular flexibility index (Phi) is 5.75. The maximum atomic E-state index is 11.9. The molecule has 5 nitrogen and oxygen atoms in total. The van der Waals surface area contributed by atoms with Gasteiger partial charge in [-0.25, -0.2) is 4.79 Å². The molecule has 0 unspecified atom stereocenters. The van der Waals surface area contributed by atoms with Gasteiger partial charge in [-0.1, -0.05) is 30.3 Å². The van der Waals surface area contributed by atoms with Gasteiger partial charge in [0.25, 0.3) is 0 Å². The van der Waals surface area contributed by atoms with E-state index in [0.717, 1.165) is 12.8 Å². The standard InChI is InChI=1S/C16H21NO4/c18-15(14-10-5-11-21-14)17-13(16(19)20)9-4-8-12-6-2-1-3-7-12/h1-3,6-7,13-14H,4-5,8-11H2,(H,17,18)(H,19,20)/t13-,14-/m1/s1. The average molecular weight is 291 g/mol. The van der Waals surface area contributed by atoms with Gasteiger partial charge in [-0.05, 0) is 37.7 Å². The van der Waals surface area contributed by atoms with Gasteiger partial charge in [0, 0.05) is 6.61 Å². The first-order valence-corrected chi connectivity index (χ1v) is 7.35. The zero-order valence-corrected chi connectivity index (χ0v) is 12.0. The molecule has 2 N–H and O–H groups in total. The Morgan fingerprint density at radius 1 is 1.33 bits per heavy atom. The summed E-state index contributed by atoms with van der Waals surface area (Å²) in [5.41, 5.74) is 1.17. The third-order valence-electron chi connectivity index (χ3n) is 3.64. The van der Waals surface area contributed by atoms with Crippen LogP contribution >= 0.6 is 0 Å². The second-order valence-corrected chi connectivity index (χ2v) is 5.28. The van der Waals surface area contributed by atoms with Gasteiger partial charge in [-0.2, -0.15) is 0 Å². The minimum Gasteiger partial charge on any atom is -0.480 e. The van der Waals surface area contributed by atoms with Crippen LogP contribution in [0.5, 0.6) is 0 Å². The van der Waals surface area contributed by atoms with Crippen LogP contribution in [0.1, 0.15) is 31.2 Å². The zero-order valence-electron chi connectivity index (χ0n) is 12.0. The molecule has 1 heterocycles. The largest absolute Gasteiger partial charge is 0.480 e. The van der Waals surface area contributed by atoms with Gasteiger partial charge < -0.3 is 15.2 Å². The monoisotopic (exact) mass is 291 g/mol. The van der Waals surface area contributed by atoms with E-state index in [2.05, 4.69) is 5.32 Å². The molecule has 1 saturated heterocycles. The van der Waals surface area contributed by atoms with Crippen molar-refractivity contribution in [1.29, 1.82) is 0 Å². The van der Waals surface area contributed by atoms with Crippen molar-refractivity contribution in [1.82, 2.24) is 5.32 Å². The summed E-state index contributed by atoms with van der Waals surface area (Å²) in [5.74, 6) is -1.30. The summed E-state index contributed by atoms with van der Waals surface area (Å²) < 4.78 is 5.26. The van der Waals surface area contributed by atoms with Gasteiger partial charge in [0.2, 0.25) is 5.91 Å². The summed E-state index contributed by atoms with van der Waals surface area (Å²) in [6, 6.07) is 9.06. The maximum absolute atomic E-state index is 11.9. The molecule has 2 rings (SSSR count). The number of ether oxygens (including phenoxy) is 1. The molecule has 1 aliphatic rings. The minimum atomic E-state index is -0.991. The van der Waals surface area contributed by atoms with Gasteiger partial charge in [0.15, 0.2) is 0 Å². The molecule has 114 valence electrons. The Bertz CT molecular complexity index is 468. The van der Waals surface area contributed by atoms with Crippen LogP contribution in [0.15, 0.2) is 30.3 Å². The van der Waals surface area contributed by atoms with Crippen LogP contribution < -0.4 is 5.32 Å². The Morgan fingerprint density at radius 2 is 2.10 bits per heavy atom. The van der Waals surface area contributed by atoms with Crippen molar-refractivity contribution < 1.29 is 19.4 Å². The number of carbonyl (C=O) groups is 2. The van der Waals surface area contributed by atoms with Gasteiger partial charge in [-0.3, -0.25) is 4.79 Å². The molecule has 2 atom stereocenters. The lowest BCUT2D eigenvalue weighted by Gasteiger charge is -2.17. The van der Waals surface area contributed by atoms with Crippen molar-refractivity contribution in [3.8, 4) is 0 Å². The topological polar surface area (TPSA) is 75.6 Å². The fraction of sp³-hybridized carbons (Fsp3) is 0.500. The van der Waals surface area contributed by atoms with Crippen molar-refractivity contribution in [3.05, 3.63) is 35.9 Å². The predicted molar refractivity (Wildman–Crippen MR) is 77.9 cm³/mol. The van der Waals surface area contributed by atoms with Gasteiger partial charge >= 0.3 is 5.97 Å². The minimum absolute atomic E-state index is 0.306. The fourth-order valence-electron chi connectivity index (χ4n) is 2.46. The molecular formula is C16H21NO4. The van der Waals surface area contributed by atoms with Crippen LogP contribution in [0.3, 0.4) is 0 Å². The van der Waals surface area contributed by atoms with Gasteiger partial charge in [0.05, 0.1) is 0 Å². The highest BCUT2D eigenvalue weighted by Crippen LogP contribution is 2.13. The summed E-state index contributed by atoms with van der Waals surface area (Å²) >= 11 is 0. The number of hydrogen-bond acceptors (Lipinski definition) is 3. The Morgan fingerprint density at radius 3 is 2.71 bits per heavy atom. The number of rotatable bonds is 7. The number of carboxylic acids is 1. The molecule has 1 amide bonds. The molecule has 0 bridgehead atoms. The molecular weight excluding hydrogens is 270 g/mol. The van der Waals surface area contributed by atoms with E-state index in [9.17, 15) is 14.7 Å². The Balaban J connectivity index is 1.79. The lowest BCUT2D eigenvalue weighted by atomic mass is 10.0. The second-order valence-electron chi connectivity index (χ2n) is 5.28. The molecule has 1 aliphatic heterocycles. The molecule has 1 fully saturated rings. The summed E-state index contributed by atoms with van der Waals surface area (Å²) in [5, 5.41) is 11.8. The molecule has 0 aliphatic carbocycles. The lowest BCUT2D eigenvalue weighted by Crippen LogP contribution is -2.45. The number of aliphatic carboxylic acids is 1. The summed E-state index contributed by atoms with van der Waals surface area (Å²) in [4.78, 5) is 23.1. The lowest BCUT2D eigenvalue weighted by molar-refractivity contribution is -0.143. The molecule has 1 aromatic carbocycles. The smallest absolute Gasteiger partial charge is 0.326 e. The maximum Gasteiger partial charge on any atom is 0.326 e. The van der Waals surface area contributed by atoms with E-state index in [4.69, 9.17) is 4.74 Å². The number of carbonyl (C=O) groups excluding carboxylic acids is 1. The van der Waals surface area contributed by atoms with Gasteiger partial charge in [-0.15, -0.1) is 0 Å². The van der Waals surface area contributed by atoms with Crippen LogP contribution in [0.2, 0.25) is 0 Å². The molecule has 0 radical (unpaired) electrons. The quantitative estimate of drug-likeness (QED) is 0.802. The predicted octanol–water partition coefficient (Wildman–Crippen LogP) is 1.76. The van der Waals surface area contributed by atoms with E-state index < -0.39 is 18.1 Å². The first-order chi connectivity index (χ1) is 10.2. The molecule has 0 spiro atoms. The highest BCUT2D eigenvalue weighted by Gasteiger charge is 2.27. The molecule has 1 aromatic rings. The summed E-state index contributed by atoms with van der Waals surface area (Å²) in [7, 11) is 0. The fourth-order valence-corrected chi connectivity index (χ4v) is 2.46. The third-order valence-corrected chi connectivity index (χ3v) is 3.64. The first kappa shape index (κ1) is 15.5. The van der Waals surface area contributed by atoms with Crippen LogP contribution in [-0.4, -0.2) is 35.7 Å². The molecule has 0 saturated carbocycles.